The van der Waals surface area contributed by atoms with E-state index in [4.69, 9.17) is 9.47 Å². The van der Waals surface area contributed by atoms with Crippen LogP contribution >= 0.6 is 0 Å². The highest BCUT2D eigenvalue weighted by molar-refractivity contribution is 6.05. The van der Waals surface area contributed by atoms with Gasteiger partial charge in [-0.1, -0.05) is 24.3 Å². The summed E-state index contributed by atoms with van der Waals surface area (Å²) in [5.41, 5.74) is 2.77. The molecule has 4 rings (SSSR count). The van der Waals surface area contributed by atoms with E-state index in [1.807, 2.05) is 0 Å². The van der Waals surface area contributed by atoms with E-state index in [1.54, 1.807) is 48.5 Å². The predicted octanol–water partition coefficient (Wildman–Crippen LogP) is 2.95. The van der Waals surface area contributed by atoms with Gasteiger partial charge in [0.25, 0.3) is 17.5 Å². The molecule has 1 aliphatic heterocycles. The Kier molecular flexibility index (Phi) is 6.68. The van der Waals surface area contributed by atoms with Crippen LogP contribution in [-0.2, 0) is 4.79 Å². The Morgan fingerprint density at radius 2 is 1.80 bits per heavy atom. The molecule has 0 radical (unpaired) electrons. The molecule has 0 saturated heterocycles. The molecule has 3 aromatic rings. The van der Waals surface area contributed by atoms with Crippen molar-refractivity contribution < 1.29 is 29.1 Å². The molecule has 0 bridgehead atoms. The van der Waals surface area contributed by atoms with Gasteiger partial charge in [0.1, 0.15) is 11.4 Å². The molecule has 1 aliphatic rings. The van der Waals surface area contributed by atoms with Crippen LogP contribution in [0.15, 0.2) is 77.5 Å². The average molecular weight is 474 g/mol. The van der Waals surface area contributed by atoms with E-state index in [9.17, 15) is 24.8 Å². The number of hydrogen-bond donors (Lipinski definition) is 3. The summed E-state index contributed by atoms with van der Waals surface area (Å²) in [6, 6.07) is 16.7. The topological polar surface area (TPSA) is 152 Å². The first-order chi connectivity index (χ1) is 16.9. The van der Waals surface area contributed by atoms with Crippen LogP contribution in [0.5, 0.6) is 17.2 Å². The molecule has 3 aromatic carbocycles. The van der Waals surface area contributed by atoms with Crippen LogP contribution in [0.25, 0.3) is 6.08 Å². The lowest BCUT2D eigenvalue weighted by Crippen LogP contribution is -2.32. The first-order valence-corrected chi connectivity index (χ1v) is 10.2. The van der Waals surface area contributed by atoms with Crippen LogP contribution in [0.4, 0.5) is 5.69 Å². The van der Waals surface area contributed by atoms with E-state index in [2.05, 4.69) is 15.8 Å². The summed E-state index contributed by atoms with van der Waals surface area (Å²) < 4.78 is 10.6. The molecule has 0 spiro atoms. The molecule has 0 atom stereocenters. The van der Waals surface area contributed by atoms with Crippen molar-refractivity contribution in [2.75, 3.05) is 6.79 Å². The van der Waals surface area contributed by atoms with Crippen LogP contribution in [0.2, 0.25) is 0 Å². The van der Waals surface area contributed by atoms with E-state index in [-0.39, 0.29) is 29.5 Å². The summed E-state index contributed by atoms with van der Waals surface area (Å²) in [6.07, 6.45) is 2.48. The second-order valence-corrected chi connectivity index (χ2v) is 7.19. The van der Waals surface area contributed by atoms with Crippen molar-refractivity contribution in [2.24, 2.45) is 5.10 Å². The number of carbonyl (C=O) groups is 2. The van der Waals surface area contributed by atoms with Gasteiger partial charge < -0.3 is 19.9 Å². The number of aromatic hydroxyl groups is 1. The third kappa shape index (κ3) is 5.60. The maximum absolute atomic E-state index is 12.9. The van der Waals surface area contributed by atoms with Crippen LogP contribution < -0.4 is 20.2 Å². The largest absolute Gasteiger partial charge is 0.507 e. The SMILES string of the molecule is O=C(NN=Cc1cc([N+](=O)[O-])ccc1O)C(=Cc1ccc2c(c1)OCO2)NC(=O)c1ccccc1. The summed E-state index contributed by atoms with van der Waals surface area (Å²) in [7, 11) is 0. The molecule has 0 unspecified atom stereocenters. The number of ether oxygens (including phenoxy) is 2. The van der Waals surface area contributed by atoms with E-state index in [1.165, 1.54) is 6.08 Å². The quantitative estimate of drug-likeness (QED) is 0.206. The van der Waals surface area contributed by atoms with E-state index >= 15 is 0 Å². The summed E-state index contributed by atoms with van der Waals surface area (Å²) >= 11 is 0. The highest BCUT2D eigenvalue weighted by atomic mass is 16.7. The van der Waals surface area contributed by atoms with Crippen molar-refractivity contribution in [3.05, 3.63) is 99.2 Å². The Balaban J connectivity index is 1.57. The zero-order chi connectivity index (χ0) is 24.8. The summed E-state index contributed by atoms with van der Waals surface area (Å²) in [5, 5.41) is 27.2. The Hall–Kier alpha value is -5.19. The lowest BCUT2D eigenvalue weighted by molar-refractivity contribution is -0.384. The summed E-state index contributed by atoms with van der Waals surface area (Å²) in [5.74, 6) is -0.502. The Bertz CT molecular complexity index is 1350. The molecule has 11 nitrogen and oxygen atoms in total. The van der Waals surface area contributed by atoms with E-state index < -0.39 is 16.7 Å². The molecule has 0 saturated carbocycles. The smallest absolute Gasteiger partial charge is 0.287 e. The number of nitrogens with zero attached hydrogens (tertiary/aromatic N) is 2. The number of hydrazone groups is 1. The van der Waals surface area contributed by atoms with E-state index in [0.29, 0.717) is 22.6 Å². The maximum Gasteiger partial charge on any atom is 0.287 e. The number of nitro groups is 1. The van der Waals surface area contributed by atoms with E-state index in [0.717, 1.165) is 24.4 Å². The van der Waals surface area contributed by atoms with Gasteiger partial charge in [-0.3, -0.25) is 19.7 Å². The van der Waals surface area contributed by atoms with Gasteiger partial charge in [-0.05, 0) is 42.0 Å². The van der Waals surface area contributed by atoms with Crippen molar-refractivity contribution >= 4 is 29.8 Å². The molecular formula is C24H18N4O7. The third-order valence-corrected chi connectivity index (χ3v) is 4.83. The number of hydrogen-bond acceptors (Lipinski definition) is 8. The normalized spacial score (nSPS) is 12.4. The number of fused-ring (bicyclic) bond motifs is 1. The summed E-state index contributed by atoms with van der Waals surface area (Å²) in [4.78, 5) is 35.9. The number of nitrogens with one attached hydrogen (secondary N) is 2. The van der Waals surface area contributed by atoms with Crippen molar-refractivity contribution in [2.45, 2.75) is 0 Å². The number of carbonyl (C=O) groups excluding carboxylic acids is 2. The molecule has 11 heteroatoms. The minimum atomic E-state index is -0.770. The Morgan fingerprint density at radius 3 is 2.57 bits per heavy atom. The lowest BCUT2D eigenvalue weighted by Gasteiger charge is -2.09. The molecule has 0 aromatic heterocycles. The fourth-order valence-electron chi connectivity index (χ4n) is 3.09. The zero-order valence-corrected chi connectivity index (χ0v) is 18.0. The first-order valence-electron chi connectivity index (χ1n) is 10.2. The molecule has 1 heterocycles. The van der Waals surface area contributed by atoms with Gasteiger partial charge in [-0.25, -0.2) is 5.43 Å². The number of amides is 2. The van der Waals surface area contributed by atoms with Gasteiger partial charge in [0, 0.05) is 23.3 Å². The summed E-state index contributed by atoms with van der Waals surface area (Å²) in [6.45, 7) is 0.0831. The maximum atomic E-state index is 12.9. The monoisotopic (exact) mass is 474 g/mol. The number of phenols is 1. The van der Waals surface area contributed by atoms with Crippen LogP contribution in [-0.4, -0.2) is 34.9 Å². The molecular weight excluding hydrogens is 456 g/mol. The molecule has 3 N–H and O–H groups in total. The van der Waals surface area contributed by atoms with Crippen molar-refractivity contribution in [1.82, 2.24) is 10.7 Å². The van der Waals surface area contributed by atoms with Gasteiger partial charge in [0.05, 0.1) is 11.1 Å². The molecule has 176 valence electrons. The standard InChI is InChI=1S/C24H18N4O7/c29-20-8-7-18(28(32)33)12-17(20)13-25-27-24(31)19(26-23(30)16-4-2-1-3-5-16)10-15-6-9-21-22(11-15)35-14-34-21/h1-13,29H,14H2,(H,26,30)(H,27,31). The number of non-ortho nitro benzene ring substituents is 1. The predicted molar refractivity (Wildman–Crippen MR) is 125 cm³/mol. The second kappa shape index (κ2) is 10.2. The van der Waals surface area contributed by atoms with Gasteiger partial charge in [0.2, 0.25) is 6.79 Å². The number of phenolic OH excluding ortho intramolecular Hbond substituents is 1. The first kappa shape index (κ1) is 23.0. The number of rotatable bonds is 7. The minimum absolute atomic E-state index is 0.0223. The second-order valence-electron chi connectivity index (χ2n) is 7.19. The molecule has 0 fully saturated rings. The van der Waals surface area contributed by atoms with Crippen molar-refractivity contribution in [1.29, 1.82) is 0 Å². The fraction of sp³-hybridized carbons (Fsp3) is 0.0417. The van der Waals surface area contributed by atoms with Gasteiger partial charge in [-0.2, -0.15) is 5.10 Å². The minimum Gasteiger partial charge on any atom is -0.507 e. The van der Waals surface area contributed by atoms with Gasteiger partial charge in [0.15, 0.2) is 11.5 Å². The highest BCUT2D eigenvalue weighted by Crippen LogP contribution is 2.33. The number of benzene rings is 3. The molecule has 35 heavy (non-hydrogen) atoms. The Labute approximate surface area is 198 Å². The zero-order valence-electron chi connectivity index (χ0n) is 18.0. The van der Waals surface area contributed by atoms with Crippen LogP contribution in [0.3, 0.4) is 0 Å². The van der Waals surface area contributed by atoms with Gasteiger partial charge in [-0.15, -0.1) is 0 Å². The molecule has 0 aliphatic carbocycles. The lowest BCUT2D eigenvalue weighted by atomic mass is 10.1. The van der Waals surface area contributed by atoms with Crippen molar-refractivity contribution in [3.63, 3.8) is 0 Å². The fourth-order valence-corrected chi connectivity index (χ4v) is 3.09. The van der Waals surface area contributed by atoms with Gasteiger partial charge >= 0.3 is 0 Å². The van der Waals surface area contributed by atoms with Crippen molar-refractivity contribution in [3.8, 4) is 17.2 Å². The van der Waals surface area contributed by atoms with Crippen LogP contribution in [0, 0.1) is 10.1 Å². The molecule has 2 amide bonds. The third-order valence-electron chi connectivity index (χ3n) is 4.83. The van der Waals surface area contributed by atoms with Crippen LogP contribution in [0.1, 0.15) is 21.5 Å². The Morgan fingerprint density at radius 1 is 1.03 bits per heavy atom. The highest BCUT2D eigenvalue weighted by Gasteiger charge is 2.17. The number of nitro benzene ring substituents is 1. The average Bonchev–Trinajstić information content (AvgIpc) is 3.33.